The van der Waals surface area contributed by atoms with Crippen molar-refractivity contribution in [3.63, 3.8) is 0 Å². The Morgan fingerprint density at radius 2 is 1.49 bits per heavy atom. The number of ether oxygens (including phenoxy) is 1. The van der Waals surface area contributed by atoms with Crippen LogP contribution >= 0.6 is 0 Å². The topological polar surface area (TPSA) is 54.5 Å². The molecule has 41 heavy (non-hydrogen) atoms. The maximum Gasteiger partial charge on any atom is 0.573 e. The van der Waals surface area contributed by atoms with Gasteiger partial charge >= 0.3 is 18.7 Å². The molecule has 5 nitrogen and oxygen atoms in total. The fraction of sp³-hybridized carbons (Fsp3) is 0.333. The number of benzene rings is 2. The summed E-state index contributed by atoms with van der Waals surface area (Å²) in [5, 5.41) is 3.06. The third-order valence-corrected chi connectivity index (χ3v) is 6.57. The number of hydrogen-bond acceptors (Lipinski definition) is 4. The molecule has 0 bridgehead atoms. The van der Waals surface area contributed by atoms with Crippen LogP contribution in [0.25, 0.3) is 0 Å². The Labute approximate surface area is 227 Å². The molecule has 3 aromatic rings. The second kappa shape index (κ2) is 10.5. The van der Waals surface area contributed by atoms with E-state index in [0.29, 0.717) is 5.56 Å². The Hall–Kier alpha value is -3.81. The van der Waals surface area contributed by atoms with Crippen LogP contribution in [-0.4, -0.2) is 23.3 Å². The minimum atomic E-state index is -4.99. The van der Waals surface area contributed by atoms with Crippen LogP contribution in [0.5, 0.6) is 5.75 Å². The third-order valence-electron chi connectivity index (χ3n) is 6.57. The third kappa shape index (κ3) is 6.92. The van der Waals surface area contributed by atoms with E-state index in [2.05, 4.69) is 15.0 Å². The highest BCUT2D eigenvalue weighted by atomic mass is 19.4. The Bertz CT molecular complexity index is 1380. The van der Waals surface area contributed by atoms with Gasteiger partial charge in [0.15, 0.2) is 0 Å². The van der Waals surface area contributed by atoms with E-state index in [0.717, 1.165) is 48.7 Å². The van der Waals surface area contributed by atoms with Crippen molar-refractivity contribution in [2.45, 2.75) is 56.6 Å². The molecule has 2 atom stereocenters. The number of rotatable bonds is 6. The van der Waals surface area contributed by atoms with Gasteiger partial charge < -0.3 is 9.64 Å². The van der Waals surface area contributed by atoms with Crippen molar-refractivity contribution in [2.75, 3.05) is 4.90 Å². The van der Waals surface area contributed by atoms with Gasteiger partial charge in [-0.05, 0) is 73.9 Å². The summed E-state index contributed by atoms with van der Waals surface area (Å²) in [6.45, 7) is 3.19. The van der Waals surface area contributed by atoms with Gasteiger partial charge in [0, 0.05) is 17.4 Å². The maximum absolute atomic E-state index is 13.6. The van der Waals surface area contributed by atoms with Crippen LogP contribution in [0.2, 0.25) is 0 Å². The lowest BCUT2D eigenvalue weighted by atomic mass is 9.93. The van der Waals surface area contributed by atoms with Crippen molar-refractivity contribution in [3.8, 4) is 5.75 Å². The predicted molar refractivity (Wildman–Crippen MR) is 129 cm³/mol. The smallest absolute Gasteiger partial charge is 0.406 e. The van der Waals surface area contributed by atoms with Crippen molar-refractivity contribution in [1.29, 1.82) is 0 Å². The maximum atomic E-state index is 13.6. The predicted octanol–water partition coefficient (Wildman–Crippen LogP) is 7.39. The van der Waals surface area contributed by atoms with Crippen LogP contribution in [0.1, 0.15) is 48.7 Å². The van der Waals surface area contributed by atoms with Crippen molar-refractivity contribution in [3.05, 3.63) is 89.2 Å². The summed E-state index contributed by atoms with van der Waals surface area (Å²) in [5.41, 5.74) is -2.59. The molecule has 4 rings (SSSR count). The van der Waals surface area contributed by atoms with Gasteiger partial charge in [-0.1, -0.05) is 18.2 Å². The van der Waals surface area contributed by atoms with Crippen molar-refractivity contribution in [2.24, 2.45) is 0 Å². The van der Waals surface area contributed by atoms with Gasteiger partial charge in [-0.3, -0.25) is 15.1 Å². The first-order valence-electron chi connectivity index (χ1n) is 12.0. The molecule has 0 aliphatic carbocycles. The molecule has 14 heteroatoms. The Balaban J connectivity index is 1.68. The van der Waals surface area contributed by atoms with Crippen LogP contribution in [0.4, 0.5) is 45.2 Å². The lowest BCUT2D eigenvalue weighted by molar-refractivity contribution is -0.274. The molecule has 220 valence electrons. The lowest BCUT2D eigenvalue weighted by Gasteiger charge is -2.30. The number of carbonyl (C=O) groups is 1. The highest BCUT2D eigenvalue weighted by molar-refractivity contribution is 6.00. The van der Waals surface area contributed by atoms with E-state index < -0.39 is 59.3 Å². The number of nitrogens with one attached hydrogen (secondary N) is 1. The minimum absolute atomic E-state index is 0.0349. The highest BCUT2D eigenvalue weighted by Gasteiger charge is 2.44. The number of anilines is 1. The number of pyridine rings is 1. The molecule has 1 aliphatic rings. The lowest BCUT2D eigenvalue weighted by Crippen LogP contribution is -2.47. The van der Waals surface area contributed by atoms with Gasteiger partial charge in [-0.25, -0.2) is 0 Å². The summed E-state index contributed by atoms with van der Waals surface area (Å²) < 4.78 is 121. The molecule has 1 fully saturated rings. The molecule has 0 unspecified atom stereocenters. The number of aromatic nitrogens is 1. The van der Waals surface area contributed by atoms with Gasteiger partial charge in [0.25, 0.3) is 0 Å². The summed E-state index contributed by atoms with van der Waals surface area (Å²) in [4.78, 5) is 18.3. The zero-order valence-corrected chi connectivity index (χ0v) is 21.3. The number of halogens is 9. The van der Waals surface area contributed by atoms with Crippen LogP contribution in [-0.2, 0) is 22.7 Å². The summed E-state index contributed by atoms with van der Waals surface area (Å²) in [6.07, 6.45) is -13.3. The first-order chi connectivity index (χ1) is 18.8. The Morgan fingerprint density at radius 3 is 2.02 bits per heavy atom. The van der Waals surface area contributed by atoms with E-state index in [1.54, 1.807) is 13.8 Å². The van der Waals surface area contributed by atoms with E-state index in [9.17, 15) is 44.3 Å². The summed E-state index contributed by atoms with van der Waals surface area (Å²) in [7, 11) is 0. The van der Waals surface area contributed by atoms with Gasteiger partial charge in [0.05, 0.1) is 17.6 Å². The molecule has 0 spiro atoms. The second-order valence-corrected chi connectivity index (χ2v) is 9.88. The minimum Gasteiger partial charge on any atom is -0.406 e. The quantitative estimate of drug-likeness (QED) is 0.304. The van der Waals surface area contributed by atoms with Crippen LogP contribution in [0.15, 0.2) is 66.9 Å². The van der Waals surface area contributed by atoms with E-state index in [1.807, 2.05) is 0 Å². The average molecular weight is 591 g/mol. The SMILES string of the molecule is CC(C)(N[C@@H]1C[C@H](c2cccc(OC(F)(F)F)c2)N(c2ccc(C(F)(F)F)cc2)C1=O)c1ccc(C(F)(F)F)nc1. The molecule has 1 aromatic heterocycles. The number of hydrogen-bond donors (Lipinski definition) is 1. The number of nitrogens with zero attached hydrogens (tertiary/aromatic N) is 2. The summed E-state index contributed by atoms with van der Waals surface area (Å²) in [6, 6.07) is 8.64. The van der Waals surface area contributed by atoms with Crippen molar-refractivity contribution in [1.82, 2.24) is 10.3 Å². The van der Waals surface area contributed by atoms with E-state index in [1.165, 1.54) is 23.1 Å². The van der Waals surface area contributed by atoms with Gasteiger partial charge in [0.1, 0.15) is 11.4 Å². The second-order valence-electron chi connectivity index (χ2n) is 9.88. The van der Waals surface area contributed by atoms with Crippen LogP contribution in [0, 0.1) is 0 Å². The molecular formula is C27H22F9N3O2. The Morgan fingerprint density at radius 1 is 0.854 bits per heavy atom. The first kappa shape index (κ1) is 30.2. The number of amides is 1. The average Bonchev–Trinajstić information content (AvgIpc) is 3.17. The fourth-order valence-corrected chi connectivity index (χ4v) is 4.64. The van der Waals surface area contributed by atoms with Gasteiger partial charge in [0.2, 0.25) is 5.91 Å². The molecule has 1 N–H and O–H groups in total. The molecule has 2 aromatic carbocycles. The molecule has 1 amide bonds. The normalized spacial score (nSPS) is 18.6. The molecule has 1 aliphatic heterocycles. The van der Waals surface area contributed by atoms with E-state index >= 15 is 0 Å². The highest BCUT2D eigenvalue weighted by Crippen LogP contribution is 2.41. The van der Waals surface area contributed by atoms with Gasteiger partial charge in [-0.15, -0.1) is 13.2 Å². The Kier molecular flexibility index (Phi) is 7.76. The molecule has 0 saturated carbocycles. The number of carbonyl (C=O) groups excluding carboxylic acids is 1. The number of alkyl halides is 9. The summed E-state index contributed by atoms with van der Waals surface area (Å²) in [5.74, 6) is -1.16. The van der Waals surface area contributed by atoms with Crippen molar-refractivity contribution >= 4 is 11.6 Å². The van der Waals surface area contributed by atoms with Gasteiger partial charge in [-0.2, -0.15) is 26.3 Å². The zero-order chi connectivity index (χ0) is 30.4. The van der Waals surface area contributed by atoms with E-state index in [4.69, 9.17) is 0 Å². The van der Waals surface area contributed by atoms with Crippen molar-refractivity contribution < 1.29 is 49.0 Å². The molecule has 2 heterocycles. The monoisotopic (exact) mass is 591 g/mol. The molecular weight excluding hydrogens is 569 g/mol. The van der Waals surface area contributed by atoms with Crippen LogP contribution in [0.3, 0.4) is 0 Å². The molecule has 0 radical (unpaired) electrons. The fourth-order valence-electron chi connectivity index (χ4n) is 4.64. The molecule has 1 saturated heterocycles. The largest absolute Gasteiger partial charge is 0.573 e. The van der Waals surface area contributed by atoms with Crippen LogP contribution < -0.4 is 15.0 Å². The standard InChI is InChI=1S/C27H22F9N3O2/c1-24(2,17-8-11-22(37-14-17)26(31,32)33)38-20-13-21(15-4-3-5-19(12-15)41-27(34,35)36)39(23(20)40)18-9-6-16(7-10-18)25(28,29)30/h3-12,14,20-21,38H,13H2,1-2H3/t20-,21-/m1/s1. The van der Waals surface area contributed by atoms with E-state index in [-0.39, 0.29) is 17.7 Å². The summed E-state index contributed by atoms with van der Waals surface area (Å²) >= 11 is 0. The zero-order valence-electron chi connectivity index (χ0n) is 21.3. The first-order valence-corrected chi connectivity index (χ1v) is 12.0.